The van der Waals surface area contributed by atoms with E-state index in [-0.39, 0.29) is 23.1 Å². The molecule has 1 amide bonds. The molecule has 0 fully saturated rings. The summed E-state index contributed by atoms with van der Waals surface area (Å²) < 4.78 is 41.7. The van der Waals surface area contributed by atoms with Gasteiger partial charge in [-0.05, 0) is 54.7 Å². The van der Waals surface area contributed by atoms with Crippen molar-refractivity contribution >= 4 is 50.7 Å². The van der Waals surface area contributed by atoms with Gasteiger partial charge in [-0.1, -0.05) is 24.6 Å². The number of nitrogens with zero attached hydrogens (tertiary/aromatic N) is 3. The first-order chi connectivity index (χ1) is 16.6. The number of fused-ring (bicyclic) bond motifs is 3. The van der Waals surface area contributed by atoms with E-state index < -0.39 is 21.7 Å². The smallest absolute Gasteiger partial charge is 0.264 e. The van der Waals surface area contributed by atoms with Crippen molar-refractivity contribution in [2.45, 2.75) is 38.0 Å². The van der Waals surface area contributed by atoms with Crippen molar-refractivity contribution < 1.29 is 17.6 Å². The summed E-state index contributed by atoms with van der Waals surface area (Å²) >= 11 is 6.33. The molecule has 35 heavy (non-hydrogen) atoms. The van der Waals surface area contributed by atoms with Crippen LogP contribution in [0.3, 0.4) is 0 Å². The van der Waals surface area contributed by atoms with Crippen LogP contribution in [0.5, 0.6) is 0 Å². The van der Waals surface area contributed by atoms with Crippen LogP contribution >= 0.6 is 11.6 Å². The van der Waals surface area contributed by atoms with Gasteiger partial charge in [0.15, 0.2) is 11.6 Å². The van der Waals surface area contributed by atoms with E-state index in [1.807, 2.05) is 4.72 Å². The molecule has 0 unspecified atom stereocenters. The minimum absolute atomic E-state index is 0.0114. The van der Waals surface area contributed by atoms with E-state index in [0.717, 1.165) is 11.8 Å². The zero-order valence-electron chi connectivity index (χ0n) is 18.7. The molecular formula is C23H20ClFN6O3S. The summed E-state index contributed by atoms with van der Waals surface area (Å²) in [5.74, 6) is -1.44. The number of rotatable bonds is 7. The molecule has 2 aliphatic rings. The van der Waals surface area contributed by atoms with Gasteiger partial charge < -0.3 is 10.6 Å². The minimum atomic E-state index is -4.07. The van der Waals surface area contributed by atoms with Crippen LogP contribution in [0.2, 0.25) is 5.02 Å². The molecule has 180 valence electrons. The average Bonchev–Trinajstić information content (AvgIpc) is 2.82. The zero-order valence-corrected chi connectivity index (χ0v) is 20.3. The molecule has 1 aromatic heterocycles. The molecule has 0 saturated heterocycles. The lowest BCUT2D eigenvalue weighted by Gasteiger charge is -2.22. The standard InChI is InChI=1S/C23H20ClFN6O3S/c1-3-20(32)31-35(33,34)19-9-14(6-4-12(19)2)28-23-27-11-17(25)22(30-23)29-18-8-13-5-7-15(18)21(24)16(13)10-26/h4,6,8-9,11H,3,5,7H2,1-2H3,(H,31,32)(H2,27,28,29,30). The third-order valence-electron chi connectivity index (χ3n) is 5.51. The first-order valence-electron chi connectivity index (χ1n) is 10.6. The van der Waals surface area contributed by atoms with Gasteiger partial charge in [0.1, 0.15) is 6.07 Å². The zero-order chi connectivity index (χ0) is 25.3. The second-order valence-electron chi connectivity index (χ2n) is 7.87. The van der Waals surface area contributed by atoms with Crippen LogP contribution in [0.25, 0.3) is 0 Å². The maximum atomic E-state index is 14.5. The van der Waals surface area contributed by atoms with Crippen LogP contribution in [0.1, 0.15) is 35.6 Å². The molecule has 0 atom stereocenters. The summed E-state index contributed by atoms with van der Waals surface area (Å²) in [7, 11) is -4.07. The van der Waals surface area contributed by atoms with Crippen molar-refractivity contribution in [3.63, 3.8) is 0 Å². The number of hydrogen-bond acceptors (Lipinski definition) is 8. The van der Waals surface area contributed by atoms with Gasteiger partial charge in [-0.3, -0.25) is 4.79 Å². The third kappa shape index (κ3) is 4.89. The molecule has 3 aromatic rings. The summed E-state index contributed by atoms with van der Waals surface area (Å²) in [5.41, 5.74) is 3.20. The predicted molar refractivity (Wildman–Crippen MR) is 129 cm³/mol. The molecule has 9 nitrogen and oxygen atoms in total. The first-order valence-corrected chi connectivity index (χ1v) is 12.5. The maximum Gasteiger partial charge on any atom is 0.264 e. The normalized spacial score (nSPS) is 12.2. The van der Waals surface area contributed by atoms with Gasteiger partial charge in [-0.2, -0.15) is 10.2 Å². The van der Waals surface area contributed by atoms with Crippen molar-refractivity contribution in [1.29, 1.82) is 5.26 Å². The summed E-state index contributed by atoms with van der Waals surface area (Å²) in [5, 5.41) is 15.4. The quantitative estimate of drug-likeness (QED) is 0.425. The molecule has 5 rings (SSSR count). The highest BCUT2D eigenvalue weighted by Gasteiger charge is 2.23. The van der Waals surface area contributed by atoms with Crippen molar-refractivity contribution in [3.05, 3.63) is 63.6 Å². The van der Waals surface area contributed by atoms with Gasteiger partial charge in [0, 0.05) is 17.8 Å². The number of sulfonamides is 1. The van der Waals surface area contributed by atoms with Gasteiger partial charge in [-0.25, -0.2) is 22.5 Å². The number of anilines is 4. The lowest BCUT2D eigenvalue weighted by atomic mass is 9.89. The van der Waals surface area contributed by atoms with Gasteiger partial charge in [0.05, 0.1) is 21.7 Å². The Balaban J connectivity index is 1.62. The van der Waals surface area contributed by atoms with E-state index in [1.165, 1.54) is 6.07 Å². The van der Waals surface area contributed by atoms with Gasteiger partial charge >= 0.3 is 0 Å². The molecule has 3 N–H and O–H groups in total. The summed E-state index contributed by atoms with van der Waals surface area (Å²) in [4.78, 5) is 19.6. The lowest BCUT2D eigenvalue weighted by Crippen LogP contribution is -2.30. The molecule has 0 spiro atoms. The monoisotopic (exact) mass is 514 g/mol. The second-order valence-corrected chi connectivity index (χ2v) is 9.89. The van der Waals surface area contributed by atoms with Crippen molar-refractivity contribution in [3.8, 4) is 6.07 Å². The fourth-order valence-corrected chi connectivity index (χ4v) is 5.38. The Kier molecular flexibility index (Phi) is 6.60. The first kappa shape index (κ1) is 24.4. The number of carbonyl (C=O) groups is 1. The highest BCUT2D eigenvalue weighted by Crippen LogP contribution is 2.38. The van der Waals surface area contributed by atoms with Crippen molar-refractivity contribution in [2.75, 3.05) is 10.6 Å². The van der Waals surface area contributed by atoms with E-state index in [9.17, 15) is 22.9 Å². The molecule has 2 bridgehead atoms. The largest absolute Gasteiger partial charge is 0.337 e. The molecule has 0 radical (unpaired) electrons. The number of nitriles is 1. The Morgan fingerprint density at radius 3 is 2.71 bits per heavy atom. The van der Waals surface area contributed by atoms with Crippen LogP contribution < -0.4 is 15.4 Å². The van der Waals surface area contributed by atoms with E-state index in [0.29, 0.717) is 45.9 Å². The topological polar surface area (TPSA) is 137 Å². The lowest BCUT2D eigenvalue weighted by molar-refractivity contribution is -0.119. The van der Waals surface area contributed by atoms with E-state index in [4.69, 9.17) is 11.6 Å². The number of carbonyl (C=O) groups excluding carboxylic acids is 1. The predicted octanol–water partition coefficient (Wildman–Crippen LogP) is 4.25. The molecule has 2 aliphatic carbocycles. The molecule has 0 aliphatic heterocycles. The maximum absolute atomic E-state index is 14.5. The Bertz CT molecular complexity index is 1500. The number of amides is 1. The van der Waals surface area contributed by atoms with E-state index in [1.54, 1.807) is 32.0 Å². The third-order valence-corrected chi connectivity index (χ3v) is 7.44. The summed E-state index contributed by atoms with van der Waals surface area (Å²) in [6, 6.07) is 8.35. The van der Waals surface area contributed by atoms with Crippen LogP contribution in [0.4, 0.5) is 27.5 Å². The fourth-order valence-electron chi connectivity index (χ4n) is 3.69. The van der Waals surface area contributed by atoms with Crippen LogP contribution in [-0.4, -0.2) is 24.3 Å². The van der Waals surface area contributed by atoms with Crippen LogP contribution in [0, 0.1) is 24.1 Å². The number of nitrogens with one attached hydrogen (secondary N) is 3. The summed E-state index contributed by atoms with van der Waals surface area (Å²) in [6.07, 6.45) is 2.28. The Hall–Kier alpha value is -3.75. The molecule has 1 heterocycles. The highest BCUT2D eigenvalue weighted by atomic mass is 35.5. The molecule has 0 saturated carbocycles. The van der Waals surface area contributed by atoms with Crippen LogP contribution in [0.15, 0.2) is 35.4 Å². The Labute approximate surface area is 206 Å². The molecule has 12 heteroatoms. The second kappa shape index (κ2) is 9.48. The molecule has 2 aromatic carbocycles. The van der Waals surface area contributed by atoms with E-state index in [2.05, 4.69) is 26.7 Å². The number of aromatic nitrogens is 2. The van der Waals surface area contributed by atoms with E-state index >= 15 is 0 Å². The number of aryl methyl sites for hydroxylation is 2. The van der Waals surface area contributed by atoms with Crippen molar-refractivity contribution in [2.24, 2.45) is 0 Å². The molecular weight excluding hydrogens is 495 g/mol. The Morgan fingerprint density at radius 2 is 2.03 bits per heavy atom. The Morgan fingerprint density at radius 1 is 1.26 bits per heavy atom. The number of halogens is 2. The summed E-state index contributed by atoms with van der Waals surface area (Å²) in [6.45, 7) is 3.15. The van der Waals surface area contributed by atoms with Crippen molar-refractivity contribution in [1.82, 2.24) is 14.7 Å². The number of benzene rings is 2. The highest BCUT2D eigenvalue weighted by molar-refractivity contribution is 7.90. The average molecular weight is 515 g/mol. The minimum Gasteiger partial charge on any atom is -0.337 e. The van der Waals surface area contributed by atoms with Crippen LogP contribution in [-0.2, 0) is 27.7 Å². The fraction of sp³-hybridized carbons (Fsp3) is 0.217. The van der Waals surface area contributed by atoms with Gasteiger partial charge in [0.2, 0.25) is 11.9 Å². The van der Waals surface area contributed by atoms with Gasteiger partial charge in [0.25, 0.3) is 10.0 Å². The number of hydrogen-bond donors (Lipinski definition) is 3. The SMILES string of the molecule is CCC(=O)NS(=O)(=O)c1cc(Nc2ncc(F)c(Nc3cc4c(C#N)c(Cl)c3CC4)n2)ccc1C. The van der Waals surface area contributed by atoms with Gasteiger partial charge in [-0.15, -0.1) is 0 Å².